The molecule has 1 amide bonds. The number of nitrogens with zero attached hydrogens (tertiary/aromatic N) is 2. The van der Waals surface area contributed by atoms with Gasteiger partial charge in [-0.2, -0.15) is 0 Å². The van der Waals surface area contributed by atoms with Crippen LogP contribution >= 0.6 is 0 Å². The maximum atomic E-state index is 13.1. The van der Waals surface area contributed by atoms with Gasteiger partial charge in [0.2, 0.25) is 0 Å². The summed E-state index contributed by atoms with van der Waals surface area (Å²) in [6, 6.07) is 14.1. The van der Waals surface area contributed by atoms with Crippen LogP contribution < -0.4 is 9.47 Å². The largest absolute Gasteiger partial charge is 0.497 e. The molecule has 0 aromatic heterocycles. The Kier molecular flexibility index (Phi) is 6.52. The summed E-state index contributed by atoms with van der Waals surface area (Å²) in [5.41, 5.74) is 1.07. The van der Waals surface area contributed by atoms with Crippen molar-refractivity contribution >= 4 is 5.91 Å². The number of rotatable bonds is 6. The third-order valence-electron chi connectivity index (χ3n) is 5.14. The molecule has 0 unspecified atom stereocenters. The highest BCUT2D eigenvalue weighted by Crippen LogP contribution is 2.21. The first kappa shape index (κ1) is 20.1. The monoisotopic (exact) mass is 386 g/mol. The van der Waals surface area contributed by atoms with Gasteiger partial charge in [0.15, 0.2) is 6.61 Å². The molecule has 2 aromatic carbocycles. The molecular formula is C22H27FN2O3. The van der Waals surface area contributed by atoms with E-state index in [9.17, 15) is 9.18 Å². The minimum absolute atomic E-state index is 0.00217. The van der Waals surface area contributed by atoms with E-state index in [0.29, 0.717) is 18.0 Å². The molecule has 0 radical (unpaired) electrons. The average Bonchev–Trinajstić information content (AvgIpc) is 2.70. The Bertz CT molecular complexity index is 797. The van der Waals surface area contributed by atoms with Gasteiger partial charge in [0, 0.05) is 37.8 Å². The van der Waals surface area contributed by atoms with Crippen LogP contribution in [0.25, 0.3) is 0 Å². The van der Waals surface area contributed by atoms with E-state index in [1.165, 1.54) is 12.1 Å². The number of halogens is 1. The highest BCUT2D eigenvalue weighted by atomic mass is 19.1. The number of hydrogen-bond acceptors (Lipinski definition) is 4. The Morgan fingerprint density at radius 3 is 2.50 bits per heavy atom. The molecule has 0 spiro atoms. The summed E-state index contributed by atoms with van der Waals surface area (Å²) in [6.45, 7) is 6.31. The van der Waals surface area contributed by atoms with Crippen molar-refractivity contribution in [1.29, 1.82) is 0 Å². The highest BCUT2D eigenvalue weighted by Gasteiger charge is 2.32. The summed E-state index contributed by atoms with van der Waals surface area (Å²) < 4.78 is 23.9. The van der Waals surface area contributed by atoms with Crippen molar-refractivity contribution in [3.8, 4) is 11.5 Å². The fraction of sp³-hybridized carbons (Fsp3) is 0.409. The number of carbonyl (C=O) groups excluding carboxylic acids is 1. The molecule has 0 aliphatic carbocycles. The molecule has 2 atom stereocenters. The van der Waals surface area contributed by atoms with Crippen LogP contribution in [0.4, 0.5) is 4.39 Å². The third kappa shape index (κ3) is 5.01. The van der Waals surface area contributed by atoms with E-state index in [4.69, 9.17) is 9.47 Å². The number of piperazine rings is 1. The number of amides is 1. The van der Waals surface area contributed by atoms with Crippen molar-refractivity contribution in [2.24, 2.45) is 0 Å². The van der Waals surface area contributed by atoms with E-state index in [0.717, 1.165) is 18.7 Å². The SMILES string of the molecule is COc1cccc(OCC(=O)N2C[C@H](C)N(Cc3ccc(F)cc3)C[C@H]2C)c1. The van der Waals surface area contributed by atoms with Crippen LogP contribution in [0.3, 0.4) is 0 Å². The molecular weight excluding hydrogens is 359 g/mol. The van der Waals surface area contributed by atoms with Crippen LogP contribution in [0.2, 0.25) is 0 Å². The van der Waals surface area contributed by atoms with Crippen LogP contribution in [0.5, 0.6) is 11.5 Å². The molecule has 1 fully saturated rings. The van der Waals surface area contributed by atoms with Gasteiger partial charge in [0.05, 0.1) is 7.11 Å². The van der Waals surface area contributed by atoms with Crippen molar-refractivity contribution in [1.82, 2.24) is 9.80 Å². The minimum atomic E-state index is -0.225. The molecule has 5 nitrogen and oxygen atoms in total. The van der Waals surface area contributed by atoms with E-state index in [-0.39, 0.29) is 30.4 Å². The Hall–Kier alpha value is -2.60. The molecule has 1 aliphatic rings. The maximum absolute atomic E-state index is 13.1. The normalized spacial score (nSPS) is 20.1. The van der Waals surface area contributed by atoms with Crippen molar-refractivity contribution in [2.45, 2.75) is 32.5 Å². The zero-order valence-electron chi connectivity index (χ0n) is 16.6. The molecule has 28 heavy (non-hydrogen) atoms. The second-order valence-electron chi connectivity index (χ2n) is 7.27. The van der Waals surface area contributed by atoms with Crippen LogP contribution in [-0.2, 0) is 11.3 Å². The summed E-state index contributed by atoms with van der Waals surface area (Å²) in [7, 11) is 1.60. The quantitative estimate of drug-likeness (QED) is 0.764. The molecule has 150 valence electrons. The fourth-order valence-electron chi connectivity index (χ4n) is 3.51. The van der Waals surface area contributed by atoms with E-state index >= 15 is 0 Å². The van der Waals surface area contributed by atoms with Gasteiger partial charge in [-0.15, -0.1) is 0 Å². The van der Waals surface area contributed by atoms with E-state index < -0.39 is 0 Å². The van der Waals surface area contributed by atoms with Gasteiger partial charge >= 0.3 is 0 Å². The fourth-order valence-corrected chi connectivity index (χ4v) is 3.51. The summed E-state index contributed by atoms with van der Waals surface area (Å²) in [4.78, 5) is 16.9. The van der Waals surface area contributed by atoms with Crippen molar-refractivity contribution in [3.63, 3.8) is 0 Å². The predicted octanol–water partition coefficient (Wildman–Crippen LogP) is 3.33. The first-order chi connectivity index (χ1) is 13.5. The average molecular weight is 386 g/mol. The first-order valence-electron chi connectivity index (χ1n) is 9.51. The molecule has 3 rings (SSSR count). The zero-order chi connectivity index (χ0) is 20.1. The Balaban J connectivity index is 1.55. The van der Waals surface area contributed by atoms with Gasteiger partial charge in [-0.3, -0.25) is 9.69 Å². The Morgan fingerprint density at radius 2 is 1.79 bits per heavy atom. The Labute approximate surface area is 165 Å². The van der Waals surface area contributed by atoms with Gasteiger partial charge in [-0.25, -0.2) is 4.39 Å². The number of ether oxygens (including phenoxy) is 2. The maximum Gasteiger partial charge on any atom is 0.260 e. The number of carbonyl (C=O) groups is 1. The number of hydrogen-bond donors (Lipinski definition) is 0. The summed E-state index contributed by atoms with van der Waals surface area (Å²) >= 11 is 0. The predicted molar refractivity (Wildman–Crippen MR) is 106 cm³/mol. The molecule has 1 saturated heterocycles. The van der Waals surface area contributed by atoms with Crippen LogP contribution in [0.1, 0.15) is 19.4 Å². The molecule has 0 saturated carbocycles. The molecule has 1 heterocycles. The standard InChI is InChI=1S/C22H27FN2O3/c1-16-13-25(22(26)15-28-21-6-4-5-20(11-21)27-3)17(2)12-24(16)14-18-7-9-19(23)10-8-18/h4-11,16-17H,12-15H2,1-3H3/t16-,17+/m0/s1. The number of benzene rings is 2. The second kappa shape index (κ2) is 9.06. The molecule has 0 bridgehead atoms. The lowest BCUT2D eigenvalue weighted by atomic mass is 10.1. The van der Waals surface area contributed by atoms with Gasteiger partial charge in [-0.05, 0) is 43.7 Å². The molecule has 1 aliphatic heterocycles. The zero-order valence-corrected chi connectivity index (χ0v) is 16.6. The molecule has 6 heteroatoms. The van der Waals surface area contributed by atoms with Gasteiger partial charge in [0.25, 0.3) is 5.91 Å². The molecule has 0 N–H and O–H groups in total. The Morgan fingerprint density at radius 1 is 1.07 bits per heavy atom. The van der Waals surface area contributed by atoms with Gasteiger partial charge in [-0.1, -0.05) is 18.2 Å². The minimum Gasteiger partial charge on any atom is -0.497 e. The first-order valence-corrected chi connectivity index (χ1v) is 9.51. The van der Waals surface area contributed by atoms with E-state index in [2.05, 4.69) is 11.8 Å². The van der Waals surface area contributed by atoms with Crippen molar-refractivity contribution in [2.75, 3.05) is 26.8 Å². The summed E-state index contributed by atoms with van der Waals surface area (Å²) in [6.07, 6.45) is 0. The van der Waals surface area contributed by atoms with Gasteiger partial charge in [0.1, 0.15) is 17.3 Å². The summed E-state index contributed by atoms with van der Waals surface area (Å²) in [5, 5.41) is 0. The lowest BCUT2D eigenvalue weighted by molar-refractivity contribution is -0.139. The number of methoxy groups -OCH3 is 1. The smallest absolute Gasteiger partial charge is 0.260 e. The summed E-state index contributed by atoms with van der Waals surface area (Å²) in [5.74, 6) is 1.06. The van der Waals surface area contributed by atoms with Crippen molar-refractivity contribution in [3.05, 3.63) is 59.9 Å². The second-order valence-corrected chi connectivity index (χ2v) is 7.27. The van der Waals surface area contributed by atoms with Crippen LogP contribution in [0.15, 0.2) is 48.5 Å². The topological polar surface area (TPSA) is 42.0 Å². The van der Waals surface area contributed by atoms with Crippen LogP contribution in [0, 0.1) is 5.82 Å². The van der Waals surface area contributed by atoms with Gasteiger partial charge < -0.3 is 14.4 Å². The van der Waals surface area contributed by atoms with E-state index in [1.807, 2.05) is 42.2 Å². The molecule has 2 aromatic rings. The lowest BCUT2D eigenvalue weighted by Gasteiger charge is -2.44. The van der Waals surface area contributed by atoms with Crippen LogP contribution in [-0.4, -0.2) is 54.6 Å². The van der Waals surface area contributed by atoms with Crippen molar-refractivity contribution < 1.29 is 18.7 Å². The third-order valence-corrected chi connectivity index (χ3v) is 5.14. The van der Waals surface area contributed by atoms with E-state index in [1.54, 1.807) is 13.2 Å². The lowest BCUT2D eigenvalue weighted by Crippen LogP contribution is -2.58. The highest BCUT2D eigenvalue weighted by molar-refractivity contribution is 5.78.